The molecule has 102 valence electrons. The molecule has 1 aromatic heterocycles. The van der Waals surface area contributed by atoms with Gasteiger partial charge in [0, 0.05) is 31.9 Å². The fourth-order valence-corrected chi connectivity index (χ4v) is 1.98. The number of aromatic nitrogens is 2. The highest BCUT2D eigenvalue weighted by molar-refractivity contribution is 5.93. The number of carbonyl (C=O) groups excluding carboxylic acids is 1. The van der Waals surface area contributed by atoms with Crippen LogP contribution in [-0.2, 0) is 7.05 Å². The second-order valence-electron chi connectivity index (χ2n) is 4.83. The molecule has 1 aromatic rings. The summed E-state index contributed by atoms with van der Waals surface area (Å²) in [6, 6.07) is 0. The maximum Gasteiger partial charge on any atom is 0.274 e. The average Bonchev–Trinajstić information content (AvgIpc) is 2.68. The van der Waals surface area contributed by atoms with Crippen LogP contribution in [0.2, 0.25) is 0 Å². The van der Waals surface area contributed by atoms with Crippen LogP contribution in [0, 0.1) is 6.92 Å². The van der Waals surface area contributed by atoms with Gasteiger partial charge in [0.15, 0.2) is 5.69 Å². The van der Waals surface area contributed by atoms with Crippen LogP contribution in [0.3, 0.4) is 0 Å². The lowest BCUT2D eigenvalue weighted by atomic mass is 10.2. The second-order valence-corrected chi connectivity index (χ2v) is 4.83. The molecule has 0 N–H and O–H groups in total. The highest BCUT2D eigenvalue weighted by Gasteiger charge is 2.19. The smallest absolute Gasteiger partial charge is 0.274 e. The van der Waals surface area contributed by atoms with Gasteiger partial charge in [-0.15, -0.1) is 0 Å². The van der Waals surface area contributed by atoms with Crippen molar-refractivity contribution in [3.05, 3.63) is 17.5 Å². The van der Waals surface area contributed by atoms with E-state index in [1.165, 1.54) is 0 Å². The molecular formula is C14H25N3O. The Bertz CT molecular complexity index is 376. The minimum absolute atomic E-state index is 0.0787. The van der Waals surface area contributed by atoms with E-state index < -0.39 is 0 Å². The number of nitrogens with zero attached hydrogens (tertiary/aromatic N) is 3. The summed E-state index contributed by atoms with van der Waals surface area (Å²) in [5.74, 6) is 0.0787. The summed E-state index contributed by atoms with van der Waals surface area (Å²) < 4.78 is 1.71. The van der Waals surface area contributed by atoms with Gasteiger partial charge in [-0.25, -0.2) is 0 Å². The van der Waals surface area contributed by atoms with E-state index in [0.29, 0.717) is 5.69 Å². The molecule has 4 heteroatoms. The van der Waals surface area contributed by atoms with E-state index in [9.17, 15) is 4.79 Å². The molecule has 1 amide bonds. The highest BCUT2D eigenvalue weighted by Crippen LogP contribution is 2.10. The lowest BCUT2D eigenvalue weighted by Gasteiger charge is -2.21. The van der Waals surface area contributed by atoms with E-state index in [4.69, 9.17) is 0 Å². The highest BCUT2D eigenvalue weighted by atomic mass is 16.2. The first kappa shape index (κ1) is 14.7. The van der Waals surface area contributed by atoms with Gasteiger partial charge in [0.05, 0.1) is 0 Å². The van der Waals surface area contributed by atoms with Gasteiger partial charge in [0.25, 0.3) is 5.91 Å². The molecule has 0 saturated heterocycles. The Morgan fingerprint density at radius 1 is 1.28 bits per heavy atom. The first-order valence-electron chi connectivity index (χ1n) is 6.89. The van der Waals surface area contributed by atoms with Gasteiger partial charge in [-0.2, -0.15) is 5.10 Å². The monoisotopic (exact) mass is 251 g/mol. The van der Waals surface area contributed by atoms with Crippen molar-refractivity contribution >= 4 is 5.91 Å². The first-order valence-corrected chi connectivity index (χ1v) is 6.89. The van der Waals surface area contributed by atoms with Crippen molar-refractivity contribution in [3.63, 3.8) is 0 Å². The Balaban J connectivity index is 2.77. The van der Waals surface area contributed by atoms with Gasteiger partial charge < -0.3 is 4.90 Å². The lowest BCUT2D eigenvalue weighted by molar-refractivity contribution is 0.0743. The number of unbranched alkanes of at least 4 members (excludes halogenated alkanes) is 2. The van der Waals surface area contributed by atoms with Gasteiger partial charge in [0.1, 0.15) is 0 Å². The van der Waals surface area contributed by atoms with Crippen LogP contribution < -0.4 is 0 Å². The maximum absolute atomic E-state index is 12.4. The molecule has 0 radical (unpaired) electrons. The van der Waals surface area contributed by atoms with E-state index in [1.807, 2.05) is 25.1 Å². The van der Waals surface area contributed by atoms with Crippen molar-refractivity contribution < 1.29 is 4.79 Å². The molecule has 0 aliphatic heterocycles. The molecular weight excluding hydrogens is 226 g/mol. The predicted octanol–water partition coefficient (Wildman–Crippen LogP) is 2.77. The molecule has 0 atom stereocenters. The van der Waals surface area contributed by atoms with Crippen LogP contribution in [0.25, 0.3) is 0 Å². The molecule has 0 bridgehead atoms. The largest absolute Gasteiger partial charge is 0.337 e. The van der Waals surface area contributed by atoms with Gasteiger partial charge in [-0.3, -0.25) is 9.48 Å². The molecule has 0 aliphatic carbocycles. The van der Waals surface area contributed by atoms with Gasteiger partial charge in [-0.05, 0) is 19.8 Å². The zero-order valence-electron chi connectivity index (χ0n) is 12.1. The standard InChI is InChI=1S/C14H25N3O/c1-5-7-9-17(10-8-6-2)14(18)13-12(3)11-16(4)15-13/h11H,5-10H2,1-4H3. The minimum Gasteiger partial charge on any atom is -0.337 e. The molecule has 1 rings (SSSR count). The molecule has 0 fully saturated rings. The Hall–Kier alpha value is -1.32. The Kier molecular flexibility index (Phi) is 5.89. The van der Waals surface area contributed by atoms with Crippen molar-refractivity contribution in [2.45, 2.75) is 46.5 Å². The number of hydrogen-bond acceptors (Lipinski definition) is 2. The molecule has 18 heavy (non-hydrogen) atoms. The van der Waals surface area contributed by atoms with Crippen LogP contribution >= 0.6 is 0 Å². The van der Waals surface area contributed by atoms with Crippen molar-refractivity contribution in [1.29, 1.82) is 0 Å². The molecule has 1 heterocycles. The van der Waals surface area contributed by atoms with Gasteiger partial charge >= 0.3 is 0 Å². The number of amides is 1. The van der Waals surface area contributed by atoms with Crippen LogP contribution in [0.1, 0.15) is 55.6 Å². The minimum atomic E-state index is 0.0787. The zero-order chi connectivity index (χ0) is 13.5. The Morgan fingerprint density at radius 2 is 1.83 bits per heavy atom. The number of hydrogen-bond donors (Lipinski definition) is 0. The number of rotatable bonds is 7. The Morgan fingerprint density at radius 3 is 2.22 bits per heavy atom. The normalized spacial score (nSPS) is 10.7. The van der Waals surface area contributed by atoms with Crippen molar-refractivity contribution in [2.75, 3.05) is 13.1 Å². The fourth-order valence-electron chi connectivity index (χ4n) is 1.98. The van der Waals surface area contributed by atoms with E-state index in [-0.39, 0.29) is 5.91 Å². The van der Waals surface area contributed by atoms with E-state index in [0.717, 1.165) is 44.3 Å². The lowest BCUT2D eigenvalue weighted by Crippen LogP contribution is -2.33. The molecule has 0 aliphatic rings. The summed E-state index contributed by atoms with van der Waals surface area (Å²) in [7, 11) is 1.85. The summed E-state index contributed by atoms with van der Waals surface area (Å²) in [4.78, 5) is 14.4. The van der Waals surface area contributed by atoms with E-state index in [2.05, 4.69) is 18.9 Å². The van der Waals surface area contributed by atoms with E-state index in [1.54, 1.807) is 4.68 Å². The molecule has 0 saturated carbocycles. The molecule has 4 nitrogen and oxygen atoms in total. The topological polar surface area (TPSA) is 38.1 Å². The number of carbonyl (C=O) groups is 1. The average molecular weight is 251 g/mol. The quantitative estimate of drug-likeness (QED) is 0.747. The van der Waals surface area contributed by atoms with Gasteiger partial charge in [-0.1, -0.05) is 26.7 Å². The summed E-state index contributed by atoms with van der Waals surface area (Å²) in [6.07, 6.45) is 6.22. The first-order chi connectivity index (χ1) is 8.60. The van der Waals surface area contributed by atoms with Crippen LogP contribution in [-0.4, -0.2) is 33.7 Å². The van der Waals surface area contributed by atoms with Crippen molar-refractivity contribution in [2.24, 2.45) is 7.05 Å². The van der Waals surface area contributed by atoms with Crippen molar-refractivity contribution in [1.82, 2.24) is 14.7 Å². The summed E-state index contributed by atoms with van der Waals surface area (Å²) in [5.41, 5.74) is 1.56. The van der Waals surface area contributed by atoms with Crippen molar-refractivity contribution in [3.8, 4) is 0 Å². The summed E-state index contributed by atoms with van der Waals surface area (Å²) >= 11 is 0. The van der Waals surface area contributed by atoms with Gasteiger partial charge in [0.2, 0.25) is 0 Å². The second kappa shape index (κ2) is 7.19. The summed E-state index contributed by atoms with van der Waals surface area (Å²) in [5, 5.41) is 4.27. The fraction of sp³-hybridized carbons (Fsp3) is 0.714. The molecule has 0 aromatic carbocycles. The SMILES string of the molecule is CCCCN(CCCC)C(=O)c1nn(C)cc1C. The maximum atomic E-state index is 12.4. The zero-order valence-corrected chi connectivity index (χ0v) is 12.1. The predicted molar refractivity (Wildman–Crippen MR) is 73.7 cm³/mol. The van der Waals surface area contributed by atoms with Crippen LogP contribution in [0.5, 0.6) is 0 Å². The van der Waals surface area contributed by atoms with Crippen LogP contribution in [0.4, 0.5) is 0 Å². The molecule has 0 spiro atoms. The van der Waals surface area contributed by atoms with E-state index >= 15 is 0 Å². The third-order valence-electron chi connectivity index (χ3n) is 3.06. The van der Waals surface area contributed by atoms with Crippen LogP contribution in [0.15, 0.2) is 6.20 Å². The molecule has 0 unspecified atom stereocenters. The third-order valence-corrected chi connectivity index (χ3v) is 3.06. The third kappa shape index (κ3) is 3.86. The number of aryl methyl sites for hydroxylation is 2. The Labute approximate surface area is 110 Å². The summed E-state index contributed by atoms with van der Waals surface area (Å²) in [6.45, 7) is 7.91.